The zero-order valence-electron chi connectivity index (χ0n) is 40.9. The molecule has 0 aliphatic rings. The van der Waals surface area contributed by atoms with Crippen molar-refractivity contribution >= 4 is 11.9 Å². The maximum Gasteiger partial charge on any atom is 0.305 e. The van der Waals surface area contributed by atoms with Gasteiger partial charge in [0.2, 0.25) is 5.91 Å². The van der Waals surface area contributed by atoms with E-state index in [1.165, 1.54) is 218 Å². The number of unbranched alkanes of at least 4 members (excludes halogenated alkanes) is 37. The van der Waals surface area contributed by atoms with Crippen LogP contribution in [0.2, 0.25) is 0 Å². The topological polar surface area (TPSA) is 95.9 Å². The highest BCUT2D eigenvalue weighted by Crippen LogP contribution is 2.16. The predicted molar refractivity (Wildman–Crippen MR) is 264 cm³/mol. The molecule has 0 saturated heterocycles. The Bertz CT molecular complexity index is 951. The van der Waals surface area contributed by atoms with Gasteiger partial charge in [-0.25, -0.2) is 0 Å². The van der Waals surface area contributed by atoms with E-state index >= 15 is 0 Å². The van der Waals surface area contributed by atoms with Crippen LogP contribution in [0, 0.1) is 0 Å². The molecule has 6 nitrogen and oxygen atoms in total. The minimum atomic E-state index is -0.848. The fraction of sp³-hybridized carbons (Fsp3) is 0.891. The first-order valence-electron chi connectivity index (χ1n) is 27.1. The summed E-state index contributed by atoms with van der Waals surface area (Å²) in [6.45, 7) is 4.88. The van der Waals surface area contributed by atoms with Crippen molar-refractivity contribution < 1.29 is 24.5 Å². The summed E-state index contributed by atoms with van der Waals surface area (Å²) in [6, 6.07) is -0.632. The average Bonchev–Trinajstić information content (AvgIpc) is 3.26. The lowest BCUT2D eigenvalue weighted by molar-refractivity contribution is -0.143. The highest BCUT2D eigenvalue weighted by molar-refractivity contribution is 5.76. The van der Waals surface area contributed by atoms with Crippen molar-refractivity contribution in [3.05, 3.63) is 24.3 Å². The van der Waals surface area contributed by atoms with Crippen LogP contribution in [0.5, 0.6) is 0 Å². The standard InChI is InChI=1S/C55H105NO5/c1-3-5-7-9-11-13-15-17-20-25-29-33-37-41-45-49-55(60)61-50-46-42-38-34-30-26-22-19-18-21-24-28-32-36-40-44-48-54(59)56-52(51-57)53(58)47-43-39-35-31-27-23-16-14-12-10-8-6-4-2/h17,20,43,47,52-53,57-58H,3-16,18-19,21-42,44-46,48-51H2,1-2H3,(H,56,59)/b20-17-,47-43+. The van der Waals surface area contributed by atoms with Crippen LogP contribution < -0.4 is 5.32 Å². The van der Waals surface area contributed by atoms with Crippen LogP contribution in [0.1, 0.15) is 290 Å². The van der Waals surface area contributed by atoms with Crippen molar-refractivity contribution in [2.24, 2.45) is 0 Å². The molecule has 2 atom stereocenters. The third kappa shape index (κ3) is 47.7. The monoisotopic (exact) mass is 860 g/mol. The zero-order chi connectivity index (χ0) is 44.4. The molecule has 0 aromatic carbocycles. The second kappa shape index (κ2) is 51.0. The molecule has 1 amide bonds. The molecule has 0 aromatic heterocycles. The summed E-state index contributed by atoms with van der Waals surface area (Å²) in [5.41, 5.74) is 0. The third-order valence-electron chi connectivity index (χ3n) is 12.5. The number of aliphatic hydroxyl groups excluding tert-OH is 2. The van der Waals surface area contributed by atoms with Crippen LogP contribution in [0.3, 0.4) is 0 Å². The van der Waals surface area contributed by atoms with Crippen LogP contribution in [0.25, 0.3) is 0 Å². The van der Waals surface area contributed by atoms with Gasteiger partial charge < -0.3 is 20.3 Å². The number of nitrogens with one attached hydrogen (secondary N) is 1. The Morgan fingerprint density at radius 2 is 0.770 bits per heavy atom. The quantitative estimate of drug-likeness (QED) is 0.0322. The van der Waals surface area contributed by atoms with E-state index in [9.17, 15) is 19.8 Å². The van der Waals surface area contributed by atoms with E-state index in [2.05, 4.69) is 31.3 Å². The van der Waals surface area contributed by atoms with Gasteiger partial charge >= 0.3 is 5.97 Å². The summed E-state index contributed by atoms with van der Waals surface area (Å²) < 4.78 is 5.47. The first-order valence-corrected chi connectivity index (χ1v) is 27.1. The predicted octanol–water partition coefficient (Wildman–Crippen LogP) is 16.3. The van der Waals surface area contributed by atoms with E-state index in [1.54, 1.807) is 6.08 Å². The number of rotatable bonds is 50. The van der Waals surface area contributed by atoms with Crippen molar-refractivity contribution in [2.45, 2.75) is 302 Å². The minimum Gasteiger partial charge on any atom is -0.466 e. The van der Waals surface area contributed by atoms with Gasteiger partial charge in [0, 0.05) is 12.8 Å². The molecule has 2 unspecified atom stereocenters. The Hall–Kier alpha value is -1.66. The van der Waals surface area contributed by atoms with Gasteiger partial charge in [-0.05, 0) is 57.8 Å². The second-order valence-corrected chi connectivity index (χ2v) is 18.6. The summed E-state index contributed by atoms with van der Waals surface area (Å²) in [5, 5.41) is 23.0. The van der Waals surface area contributed by atoms with Gasteiger partial charge in [0.05, 0.1) is 25.4 Å². The first-order chi connectivity index (χ1) is 30.0. The molecule has 0 rings (SSSR count). The average molecular weight is 860 g/mol. The fourth-order valence-electron chi connectivity index (χ4n) is 8.27. The van der Waals surface area contributed by atoms with Crippen LogP contribution in [0.4, 0.5) is 0 Å². The van der Waals surface area contributed by atoms with E-state index in [1.807, 2.05) is 6.08 Å². The molecule has 0 bridgehead atoms. The number of carbonyl (C=O) groups is 2. The fourth-order valence-corrected chi connectivity index (χ4v) is 8.27. The van der Waals surface area contributed by atoms with Crippen molar-refractivity contribution in [1.82, 2.24) is 5.32 Å². The number of hydrogen-bond donors (Lipinski definition) is 3. The van der Waals surface area contributed by atoms with Crippen molar-refractivity contribution in [3.8, 4) is 0 Å². The van der Waals surface area contributed by atoms with E-state index < -0.39 is 12.1 Å². The number of allylic oxidation sites excluding steroid dienone is 3. The summed E-state index contributed by atoms with van der Waals surface area (Å²) in [4.78, 5) is 24.5. The molecule has 0 aromatic rings. The molecule has 0 saturated carbocycles. The maximum atomic E-state index is 12.4. The number of amides is 1. The van der Waals surface area contributed by atoms with Crippen LogP contribution in [-0.4, -0.2) is 47.4 Å². The van der Waals surface area contributed by atoms with Gasteiger partial charge in [-0.1, -0.05) is 244 Å². The van der Waals surface area contributed by atoms with E-state index in [4.69, 9.17) is 4.74 Å². The van der Waals surface area contributed by atoms with Gasteiger partial charge in [-0.3, -0.25) is 9.59 Å². The normalized spacial score (nSPS) is 12.8. The Balaban J connectivity index is 3.44. The van der Waals surface area contributed by atoms with Gasteiger partial charge in [0.1, 0.15) is 0 Å². The molecule has 3 N–H and O–H groups in total. The number of esters is 1. The summed E-state index contributed by atoms with van der Waals surface area (Å²) in [7, 11) is 0. The molecule has 360 valence electrons. The number of carbonyl (C=O) groups excluding carboxylic acids is 2. The minimum absolute atomic E-state index is 0.00594. The van der Waals surface area contributed by atoms with Gasteiger partial charge in [0.25, 0.3) is 0 Å². The van der Waals surface area contributed by atoms with E-state index in [0.29, 0.717) is 19.4 Å². The largest absolute Gasteiger partial charge is 0.466 e. The highest BCUT2D eigenvalue weighted by atomic mass is 16.5. The first kappa shape index (κ1) is 59.3. The van der Waals surface area contributed by atoms with Gasteiger partial charge in [-0.15, -0.1) is 0 Å². The molecule has 6 heteroatoms. The highest BCUT2D eigenvalue weighted by Gasteiger charge is 2.18. The summed E-state index contributed by atoms with van der Waals surface area (Å²) in [5.74, 6) is -0.0810. The van der Waals surface area contributed by atoms with E-state index in [0.717, 1.165) is 44.9 Å². The van der Waals surface area contributed by atoms with Crippen LogP contribution >= 0.6 is 0 Å². The third-order valence-corrected chi connectivity index (χ3v) is 12.5. The smallest absolute Gasteiger partial charge is 0.305 e. The Labute approximate surface area is 380 Å². The van der Waals surface area contributed by atoms with Crippen molar-refractivity contribution in [1.29, 1.82) is 0 Å². The van der Waals surface area contributed by atoms with Crippen LogP contribution in [0.15, 0.2) is 24.3 Å². The lowest BCUT2D eigenvalue weighted by Crippen LogP contribution is -2.45. The maximum absolute atomic E-state index is 12.4. The summed E-state index contributed by atoms with van der Waals surface area (Å²) in [6.07, 6.45) is 60.4. The second-order valence-electron chi connectivity index (χ2n) is 18.6. The molecular weight excluding hydrogens is 755 g/mol. The lowest BCUT2D eigenvalue weighted by atomic mass is 10.0. The Morgan fingerprint density at radius 3 is 1.16 bits per heavy atom. The summed E-state index contributed by atoms with van der Waals surface area (Å²) >= 11 is 0. The molecule has 0 heterocycles. The van der Waals surface area contributed by atoms with Gasteiger partial charge in [0.15, 0.2) is 0 Å². The van der Waals surface area contributed by atoms with Gasteiger partial charge in [-0.2, -0.15) is 0 Å². The lowest BCUT2D eigenvalue weighted by Gasteiger charge is -2.20. The Kier molecular flexibility index (Phi) is 49.6. The molecule has 61 heavy (non-hydrogen) atoms. The van der Waals surface area contributed by atoms with Crippen LogP contribution in [-0.2, 0) is 14.3 Å². The zero-order valence-corrected chi connectivity index (χ0v) is 40.9. The molecule has 0 fully saturated rings. The SMILES string of the molecule is CCCCCCCC/C=C\CCCCCCCC(=O)OCCCCCCCCCCCCCCCCCCC(=O)NC(CO)C(O)/C=C/CCCCCCCCCCCCC. The number of aliphatic hydroxyl groups is 2. The van der Waals surface area contributed by atoms with Crippen molar-refractivity contribution in [2.75, 3.05) is 13.2 Å². The number of hydrogen-bond acceptors (Lipinski definition) is 5. The molecule has 0 radical (unpaired) electrons. The molecule has 0 aliphatic carbocycles. The molecule has 0 spiro atoms. The van der Waals surface area contributed by atoms with E-state index in [-0.39, 0.29) is 18.5 Å². The Morgan fingerprint density at radius 1 is 0.443 bits per heavy atom. The molecular formula is C55H105NO5. The van der Waals surface area contributed by atoms with Crippen molar-refractivity contribution in [3.63, 3.8) is 0 Å². The molecule has 0 aliphatic heterocycles. The number of ether oxygens (including phenoxy) is 1.